The Morgan fingerprint density at radius 3 is 2.29 bits per heavy atom. The second-order valence-electron chi connectivity index (χ2n) is 9.07. The third kappa shape index (κ3) is 5.26. The summed E-state index contributed by atoms with van der Waals surface area (Å²) in [7, 11) is -3.86. The van der Waals surface area contributed by atoms with E-state index in [-0.39, 0.29) is 28.8 Å². The molecule has 0 saturated heterocycles. The number of sulfonamides is 1. The molecule has 8 heteroatoms. The van der Waals surface area contributed by atoms with Crippen LogP contribution in [0.1, 0.15) is 57.4 Å². The fraction of sp³-hybridized carbons (Fsp3) is 0.462. The Labute approximate surface area is 201 Å². The molecule has 2 saturated carbocycles. The van der Waals surface area contributed by atoms with Gasteiger partial charge in [-0.15, -0.1) is 0 Å². The predicted molar refractivity (Wildman–Crippen MR) is 130 cm³/mol. The smallest absolute Gasteiger partial charge is 0.243 e. The molecule has 0 atom stereocenters. The molecule has 7 nitrogen and oxygen atoms in total. The van der Waals surface area contributed by atoms with Crippen LogP contribution < -0.4 is 10.1 Å². The zero-order valence-corrected chi connectivity index (χ0v) is 20.3. The van der Waals surface area contributed by atoms with Crippen molar-refractivity contribution < 1.29 is 17.9 Å². The van der Waals surface area contributed by atoms with E-state index in [1.54, 1.807) is 24.3 Å². The molecule has 0 spiro atoms. The molecule has 0 aliphatic heterocycles. The van der Waals surface area contributed by atoms with Gasteiger partial charge in [-0.05, 0) is 74.6 Å². The number of nitriles is 1. The zero-order valence-electron chi connectivity index (χ0n) is 19.5. The van der Waals surface area contributed by atoms with E-state index in [9.17, 15) is 18.5 Å². The number of hydrogen-bond donors (Lipinski definition) is 1. The maximum Gasteiger partial charge on any atom is 0.243 e. The molecule has 2 fully saturated rings. The van der Waals surface area contributed by atoms with Crippen molar-refractivity contribution >= 4 is 21.6 Å². The van der Waals surface area contributed by atoms with Gasteiger partial charge in [-0.2, -0.15) is 9.57 Å². The lowest BCUT2D eigenvalue weighted by atomic mass is 9.95. The predicted octanol–water partition coefficient (Wildman–Crippen LogP) is 4.60. The van der Waals surface area contributed by atoms with E-state index in [1.165, 1.54) is 16.4 Å². The maximum absolute atomic E-state index is 13.6. The molecule has 0 bridgehead atoms. The Morgan fingerprint density at radius 2 is 1.74 bits per heavy atom. The van der Waals surface area contributed by atoms with Gasteiger partial charge in [-0.1, -0.05) is 31.4 Å². The van der Waals surface area contributed by atoms with Crippen molar-refractivity contribution in [2.75, 3.05) is 18.5 Å². The summed E-state index contributed by atoms with van der Waals surface area (Å²) < 4.78 is 33.9. The van der Waals surface area contributed by atoms with E-state index < -0.39 is 10.0 Å². The molecule has 2 aliphatic carbocycles. The molecule has 0 heterocycles. The Kier molecular flexibility index (Phi) is 7.24. The first-order chi connectivity index (χ1) is 16.4. The molecule has 1 amide bonds. The molecule has 0 aromatic heterocycles. The normalized spacial score (nSPS) is 17.7. The van der Waals surface area contributed by atoms with Crippen LogP contribution >= 0.6 is 0 Å². The summed E-state index contributed by atoms with van der Waals surface area (Å²) in [6, 6.07) is 15.8. The molecule has 4 rings (SSSR count). The number of hydrogen-bond acceptors (Lipinski definition) is 5. The molecule has 1 N–H and O–H groups in total. The number of carbonyl (C=O) groups is 1. The molecule has 34 heavy (non-hydrogen) atoms. The lowest BCUT2D eigenvalue weighted by Gasteiger charge is -2.33. The summed E-state index contributed by atoms with van der Waals surface area (Å²) in [4.78, 5) is 13.1. The fourth-order valence-corrected chi connectivity index (χ4v) is 6.24. The standard InChI is InChI=1S/C26H31N3O4S/c1-2-33-23-12-14-24(15-13-23)34(31,32)29(22-6-4-3-5-7-22)18-25(30)28-21-10-8-20(9-11-21)26(19-27)16-17-26/h8-15,22H,2-7,16-18H2,1H3,(H,28,30). The van der Waals surface area contributed by atoms with Crippen LogP contribution in [0, 0.1) is 11.3 Å². The highest BCUT2D eigenvalue weighted by Gasteiger charge is 2.44. The summed E-state index contributed by atoms with van der Waals surface area (Å²) >= 11 is 0. The van der Waals surface area contributed by atoms with Crippen LogP contribution in [0.4, 0.5) is 5.69 Å². The van der Waals surface area contributed by atoms with Crippen LogP contribution in [-0.2, 0) is 20.2 Å². The Hall–Kier alpha value is -2.89. The monoisotopic (exact) mass is 481 g/mol. The summed E-state index contributed by atoms with van der Waals surface area (Å²) in [6.07, 6.45) is 6.18. The number of nitrogens with one attached hydrogen (secondary N) is 1. The van der Waals surface area contributed by atoms with Crippen molar-refractivity contribution in [3.8, 4) is 11.8 Å². The van der Waals surface area contributed by atoms with Crippen molar-refractivity contribution in [2.24, 2.45) is 0 Å². The quantitative estimate of drug-likeness (QED) is 0.564. The number of rotatable bonds is 9. The Morgan fingerprint density at radius 1 is 1.09 bits per heavy atom. The molecule has 2 aromatic rings. The van der Waals surface area contributed by atoms with Crippen molar-refractivity contribution in [1.82, 2.24) is 4.31 Å². The molecule has 180 valence electrons. The van der Waals surface area contributed by atoms with Gasteiger partial charge in [-0.3, -0.25) is 4.79 Å². The van der Waals surface area contributed by atoms with Crippen molar-refractivity contribution in [3.63, 3.8) is 0 Å². The van der Waals surface area contributed by atoms with Crippen LogP contribution in [0.15, 0.2) is 53.4 Å². The van der Waals surface area contributed by atoms with Crippen LogP contribution in [-0.4, -0.2) is 37.8 Å². The SMILES string of the molecule is CCOc1ccc(S(=O)(=O)N(CC(=O)Nc2ccc(C3(C#N)CC3)cc2)C2CCCCC2)cc1. The van der Waals surface area contributed by atoms with Gasteiger partial charge in [0.05, 0.1) is 29.5 Å². The van der Waals surface area contributed by atoms with Gasteiger partial charge in [0, 0.05) is 11.7 Å². The third-order valence-electron chi connectivity index (χ3n) is 6.71. The number of anilines is 1. The highest BCUT2D eigenvalue weighted by atomic mass is 32.2. The van der Waals surface area contributed by atoms with Gasteiger partial charge < -0.3 is 10.1 Å². The van der Waals surface area contributed by atoms with Gasteiger partial charge in [-0.25, -0.2) is 8.42 Å². The number of carbonyl (C=O) groups excluding carboxylic acids is 1. The minimum atomic E-state index is -3.86. The minimum absolute atomic E-state index is 0.157. The first-order valence-electron chi connectivity index (χ1n) is 11.9. The summed E-state index contributed by atoms with van der Waals surface area (Å²) in [5, 5.41) is 12.2. The van der Waals surface area contributed by atoms with E-state index in [4.69, 9.17) is 4.74 Å². The summed E-state index contributed by atoms with van der Waals surface area (Å²) in [5.74, 6) is 0.227. The number of amides is 1. The maximum atomic E-state index is 13.6. The molecule has 2 aromatic carbocycles. The zero-order chi connectivity index (χ0) is 24.2. The first-order valence-corrected chi connectivity index (χ1v) is 13.4. The number of nitrogens with zero attached hydrogens (tertiary/aromatic N) is 2. The number of ether oxygens (including phenoxy) is 1. The largest absolute Gasteiger partial charge is 0.494 e. The topological polar surface area (TPSA) is 99.5 Å². The Balaban J connectivity index is 1.50. The second-order valence-corrected chi connectivity index (χ2v) is 11.0. The van der Waals surface area contributed by atoms with E-state index >= 15 is 0 Å². The lowest BCUT2D eigenvalue weighted by molar-refractivity contribution is -0.116. The van der Waals surface area contributed by atoms with Crippen molar-refractivity contribution in [3.05, 3.63) is 54.1 Å². The van der Waals surface area contributed by atoms with E-state index in [2.05, 4.69) is 11.4 Å². The summed E-state index contributed by atoms with van der Waals surface area (Å²) in [6.45, 7) is 2.12. The van der Waals surface area contributed by atoms with Crippen LogP contribution in [0.3, 0.4) is 0 Å². The molecule has 0 radical (unpaired) electrons. The summed E-state index contributed by atoms with van der Waals surface area (Å²) in [5.41, 5.74) is 1.16. The van der Waals surface area contributed by atoms with Crippen molar-refractivity contribution in [1.29, 1.82) is 5.26 Å². The molecular formula is C26H31N3O4S. The molecular weight excluding hydrogens is 450 g/mol. The number of benzene rings is 2. The van der Waals surface area contributed by atoms with Gasteiger partial charge in [0.2, 0.25) is 15.9 Å². The second kappa shape index (κ2) is 10.2. The van der Waals surface area contributed by atoms with Gasteiger partial charge >= 0.3 is 0 Å². The highest BCUT2D eigenvalue weighted by Crippen LogP contribution is 2.47. The van der Waals surface area contributed by atoms with E-state index in [0.29, 0.717) is 18.0 Å². The van der Waals surface area contributed by atoms with Crippen molar-refractivity contribution in [2.45, 2.75) is 68.2 Å². The highest BCUT2D eigenvalue weighted by molar-refractivity contribution is 7.89. The van der Waals surface area contributed by atoms with E-state index in [1.807, 2.05) is 19.1 Å². The molecule has 2 aliphatic rings. The van der Waals surface area contributed by atoms with Gasteiger partial charge in [0.15, 0.2) is 0 Å². The Bertz CT molecular complexity index is 1140. The van der Waals surface area contributed by atoms with Crippen LogP contribution in [0.2, 0.25) is 0 Å². The van der Waals surface area contributed by atoms with Gasteiger partial charge in [0.25, 0.3) is 0 Å². The van der Waals surface area contributed by atoms with E-state index in [0.717, 1.165) is 50.5 Å². The fourth-order valence-electron chi connectivity index (χ4n) is 4.59. The molecule has 0 unspecified atom stereocenters. The lowest BCUT2D eigenvalue weighted by Crippen LogP contribution is -2.45. The van der Waals surface area contributed by atoms with Crippen LogP contribution in [0.25, 0.3) is 0 Å². The third-order valence-corrected chi connectivity index (χ3v) is 8.62. The average Bonchev–Trinajstić information content (AvgIpc) is 3.65. The first kappa shape index (κ1) is 24.2. The minimum Gasteiger partial charge on any atom is -0.494 e. The van der Waals surface area contributed by atoms with Gasteiger partial charge in [0.1, 0.15) is 5.75 Å². The average molecular weight is 482 g/mol. The van der Waals surface area contributed by atoms with Crippen LogP contribution in [0.5, 0.6) is 5.75 Å².